The van der Waals surface area contributed by atoms with E-state index in [2.05, 4.69) is 0 Å². The largest absolute Gasteiger partial charge is 0.470 e. The summed E-state index contributed by atoms with van der Waals surface area (Å²) in [5.74, 6) is -4.32. The standard InChI is InChI=1S/C35H25NO9/c36-21-27-29(43-33(38)24-15-7-2-8-16-24)31(45-35(40)26-19-11-4-12-20-26)30(44-34(39)25-17-9-3-10-18-25)28(42-27)22-41-32(37)23-13-5-1-6-14-23/h1-20,28,30-31H,22H2/t28-,30-,31-/m1/s1. The first-order chi connectivity index (χ1) is 21.9. The van der Waals surface area contributed by atoms with E-state index >= 15 is 0 Å². The first kappa shape index (κ1) is 30.3. The molecule has 224 valence electrons. The van der Waals surface area contributed by atoms with Gasteiger partial charge in [0.05, 0.1) is 22.3 Å². The molecule has 0 fully saturated rings. The average Bonchev–Trinajstić information content (AvgIpc) is 3.10. The molecule has 1 heterocycles. The maximum Gasteiger partial charge on any atom is 0.343 e. The van der Waals surface area contributed by atoms with Crippen molar-refractivity contribution in [1.82, 2.24) is 0 Å². The molecule has 0 aromatic heterocycles. The molecule has 0 saturated heterocycles. The second-order valence-electron chi connectivity index (χ2n) is 9.61. The van der Waals surface area contributed by atoms with Gasteiger partial charge in [0.25, 0.3) is 0 Å². The van der Waals surface area contributed by atoms with Crippen molar-refractivity contribution >= 4 is 23.9 Å². The minimum atomic E-state index is -1.66. The van der Waals surface area contributed by atoms with E-state index in [0.717, 1.165) is 0 Å². The molecule has 45 heavy (non-hydrogen) atoms. The highest BCUT2D eigenvalue weighted by Gasteiger charge is 2.48. The Hall–Kier alpha value is -6.21. The Kier molecular flexibility index (Phi) is 9.62. The molecule has 0 spiro atoms. The highest BCUT2D eigenvalue weighted by Crippen LogP contribution is 2.32. The number of nitriles is 1. The van der Waals surface area contributed by atoms with Crippen molar-refractivity contribution in [3.05, 3.63) is 155 Å². The van der Waals surface area contributed by atoms with E-state index in [1.165, 1.54) is 36.4 Å². The van der Waals surface area contributed by atoms with Gasteiger partial charge in [-0.25, -0.2) is 19.2 Å². The van der Waals surface area contributed by atoms with Crippen LogP contribution >= 0.6 is 0 Å². The van der Waals surface area contributed by atoms with Crippen LogP contribution in [0.15, 0.2) is 133 Å². The van der Waals surface area contributed by atoms with Crippen LogP contribution in [0.1, 0.15) is 41.4 Å². The Bertz CT molecular complexity index is 1730. The SMILES string of the molecule is N#CC1=C(OC(=O)c2ccccc2)[C@@H](OC(=O)c2ccccc2)[C@H](OC(=O)c2ccccc2)[C@@H](COC(=O)c2ccccc2)O1. The van der Waals surface area contributed by atoms with E-state index < -0.39 is 60.3 Å². The number of hydrogen-bond donors (Lipinski definition) is 0. The summed E-state index contributed by atoms with van der Waals surface area (Å²) in [5.41, 5.74) is 0.666. The molecule has 0 amide bonds. The van der Waals surface area contributed by atoms with E-state index in [0.29, 0.717) is 0 Å². The van der Waals surface area contributed by atoms with Gasteiger partial charge in [-0.15, -0.1) is 0 Å². The summed E-state index contributed by atoms with van der Waals surface area (Å²) in [6.07, 6.45) is -4.56. The maximum absolute atomic E-state index is 13.3. The molecule has 0 N–H and O–H groups in total. The molecule has 10 nitrogen and oxygen atoms in total. The zero-order valence-corrected chi connectivity index (χ0v) is 23.6. The number of carbonyl (C=O) groups excluding carboxylic acids is 4. The van der Waals surface area contributed by atoms with Crippen molar-refractivity contribution in [2.75, 3.05) is 6.61 Å². The van der Waals surface area contributed by atoms with Gasteiger partial charge >= 0.3 is 23.9 Å². The Balaban J connectivity index is 1.54. The van der Waals surface area contributed by atoms with Crippen LogP contribution in [0.3, 0.4) is 0 Å². The molecular weight excluding hydrogens is 578 g/mol. The number of nitrogens with zero attached hydrogens (tertiary/aromatic N) is 1. The Morgan fingerprint density at radius 3 is 1.49 bits per heavy atom. The first-order valence-corrected chi connectivity index (χ1v) is 13.8. The fourth-order valence-electron chi connectivity index (χ4n) is 4.39. The third-order valence-corrected chi connectivity index (χ3v) is 6.61. The Morgan fingerprint density at radius 1 is 0.600 bits per heavy atom. The molecule has 4 aromatic carbocycles. The summed E-state index contributed by atoms with van der Waals surface area (Å²) in [5, 5.41) is 10.1. The Labute approximate surface area is 258 Å². The fourth-order valence-corrected chi connectivity index (χ4v) is 4.39. The lowest BCUT2D eigenvalue weighted by Crippen LogP contribution is -2.51. The predicted molar refractivity (Wildman–Crippen MR) is 157 cm³/mol. The van der Waals surface area contributed by atoms with E-state index in [1.807, 2.05) is 6.07 Å². The van der Waals surface area contributed by atoms with Gasteiger partial charge in [-0.1, -0.05) is 72.8 Å². The van der Waals surface area contributed by atoms with Crippen molar-refractivity contribution in [1.29, 1.82) is 5.26 Å². The van der Waals surface area contributed by atoms with Crippen molar-refractivity contribution < 1.29 is 42.9 Å². The number of esters is 4. The van der Waals surface area contributed by atoms with Crippen molar-refractivity contribution in [2.45, 2.75) is 18.3 Å². The summed E-state index contributed by atoms with van der Waals surface area (Å²) in [7, 11) is 0. The molecule has 4 aromatic rings. The van der Waals surface area contributed by atoms with Crippen molar-refractivity contribution in [3.63, 3.8) is 0 Å². The summed E-state index contributed by atoms with van der Waals surface area (Å²) >= 11 is 0. The van der Waals surface area contributed by atoms with Crippen molar-refractivity contribution in [3.8, 4) is 6.07 Å². The van der Waals surface area contributed by atoms with Crippen LogP contribution in [0, 0.1) is 11.3 Å². The lowest BCUT2D eigenvalue weighted by atomic mass is 10.0. The van der Waals surface area contributed by atoms with E-state index in [-0.39, 0.29) is 22.3 Å². The lowest BCUT2D eigenvalue weighted by Gasteiger charge is -2.37. The Morgan fingerprint density at radius 2 is 1.02 bits per heavy atom. The van der Waals surface area contributed by atoms with Gasteiger partial charge < -0.3 is 23.7 Å². The highest BCUT2D eigenvalue weighted by molar-refractivity contribution is 5.92. The summed E-state index contributed by atoms with van der Waals surface area (Å²) in [4.78, 5) is 52.6. The monoisotopic (exact) mass is 603 g/mol. The number of carbonyl (C=O) groups is 4. The van der Waals surface area contributed by atoms with Crippen LogP contribution in [0.4, 0.5) is 0 Å². The zero-order chi connectivity index (χ0) is 31.6. The van der Waals surface area contributed by atoms with Gasteiger partial charge in [-0.2, -0.15) is 5.26 Å². The number of rotatable bonds is 9. The van der Waals surface area contributed by atoms with E-state index in [4.69, 9.17) is 23.7 Å². The summed E-state index contributed by atoms with van der Waals surface area (Å²) < 4.78 is 28.5. The molecule has 0 radical (unpaired) electrons. The quantitative estimate of drug-likeness (QED) is 0.183. The lowest BCUT2D eigenvalue weighted by molar-refractivity contribution is -0.120. The second kappa shape index (κ2) is 14.3. The summed E-state index contributed by atoms with van der Waals surface area (Å²) in [6.45, 7) is -0.523. The van der Waals surface area contributed by atoms with Crippen LogP contribution < -0.4 is 0 Å². The molecule has 5 rings (SSSR count). The van der Waals surface area contributed by atoms with Crippen LogP contribution in [-0.4, -0.2) is 48.8 Å². The topological polar surface area (TPSA) is 138 Å². The van der Waals surface area contributed by atoms with E-state index in [9.17, 15) is 24.4 Å². The molecule has 0 unspecified atom stereocenters. The molecule has 10 heteroatoms. The number of ether oxygens (including phenoxy) is 5. The third kappa shape index (κ3) is 7.42. The van der Waals surface area contributed by atoms with Gasteiger partial charge in [-0.05, 0) is 48.5 Å². The zero-order valence-electron chi connectivity index (χ0n) is 23.6. The second-order valence-corrected chi connectivity index (χ2v) is 9.61. The maximum atomic E-state index is 13.3. The van der Waals surface area contributed by atoms with Crippen LogP contribution in [0.5, 0.6) is 0 Å². The molecule has 1 aliphatic rings. The predicted octanol–water partition coefficient (Wildman–Crippen LogP) is 5.29. The third-order valence-electron chi connectivity index (χ3n) is 6.61. The highest BCUT2D eigenvalue weighted by atomic mass is 16.6. The van der Waals surface area contributed by atoms with Crippen molar-refractivity contribution in [2.24, 2.45) is 0 Å². The average molecular weight is 604 g/mol. The van der Waals surface area contributed by atoms with Gasteiger partial charge in [-0.3, -0.25) is 0 Å². The van der Waals surface area contributed by atoms with Gasteiger partial charge in [0.15, 0.2) is 12.2 Å². The minimum absolute atomic E-state index is 0.132. The molecule has 1 aliphatic heterocycles. The molecule has 3 atom stereocenters. The van der Waals surface area contributed by atoms with Crippen LogP contribution in [0.25, 0.3) is 0 Å². The molecule has 0 saturated carbocycles. The summed E-state index contributed by atoms with van der Waals surface area (Å²) in [6, 6.07) is 33.8. The van der Waals surface area contributed by atoms with Gasteiger partial charge in [0, 0.05) is 0 Å². The normalized spacial score (nSPS) is 17.2. The molecule has 0 aliphatic carbocycles. The fraction of sp³-hybridized carbons (Fsp3) is 0.114. The number of allylic oxidation sites excluding steroid dienone is 1. The van der Waals surface area contributed by atoms with E-state index in [1.54, 1.807) is 84.9 Å². The van der Waals surface area contributed by atoms with Gasteiger partial charge in [0.1, 0.15) is 12.7 Å². The number of benzene rings is 4. The minimum Gasteiger partial charge on any atom is -0.470 e. The van der Waals surface area contributed by atoms with Crippen LogP contribution in [0.2, 0.25) is 0 Å². The van der Waals surface area contributed by atoms with Crippen LogP contribution in [-0.2, 0) is 23.7 Å². The first-order valence-electron chi connectivity index (χ1n) is 13.8. The molecule has 0 bridgehead atoms. The van der Waals surface area contributed by atoms with Gasteiger partial charge in [0.2, 0.25) is 17.6 Å². The molecular formula is C35H25NO9. The smallest absolute Gasteiger partial charge is 0.343 e. The number of hydrogen-bond acceptors (Lipinski definition) is 10.